The summed E-state index contributed by atoms with van der Waals surface area (Å²) in [5.74, 6) is -0.269. The number of carbonyl (C=O) groups is 1. The number of aromatic nitrogens is 2. The molecular weight excluding hydrogens is 260 g/mol. The molecule has 2 aromatic heterocycles. The van der Waals surface area contributed by atoms with E-state index in [9.17, 15) is 4.79 Å². The summed E-state index contributed by atoms with van der Waals surface area (Å²) in [4.78, 5) is 16.4. The highest BCUT2D eigenvalue weighted by Gasteiger charge is 2.15. The highest BCUT2D eigenvalue weighted by molar-refractivity contribution is 7.09. The van der Waals surface area contributed by atoms with Crippen LogP contribution in [0.4, 0.5) is 0 Å². The summed E-state index contributed by atoms with van der Waals surface area (Å²) in [5, 5.41) is 3.02. The van der Waals surface area contributed by atoms with Gasteiger partial charge in [-0.15, -0.1) is 11.3 Å². The first-order valence-corrected chi connectivity index (χ1v) is 7.25. The largest absolute Gasteiger partial charge is 0.461 e. The number of aryl methyl sites for hydroxylation is 2. The zero-order valence-electron chi connectivity index (χ0n) is 11.5. The van der Waals surface area contributed by atoms with E-state index in [-0.39, 0.29) is 5.97 Å². The second kappa shape index (κ2) is 6.02. The maximum absolute atomic E-state index is 11.9. The van der Waals surface area contributed by atoms with Gasteiger partial charge in [0.05, 0.1) is 17.3 Å². The van der Waals surface area contributed by atoms with Crippen molar-refractivity contribution in [3.8, 4) is 11.3 Å². The van der Waals surface area contributed by atoms with Gasteiger partial charge in [-0.25, -0.2) is 9.78 Å². The Kier molecular flexibility index (Phi) is 4.37. The Labute approximate surface area is 117 Å². The average molecular weight is 278 g/mol. The van der Waals surface area contributed by atoms with Gasteiger partial charge in [0.2, 0.25) is 0 Å². The lowest BCUT2D eigenvalue weighted by Crippen LogP contribution is -2.10. The van der Waals surface area contributed by atoms with Gasteiger partial charge in [-0.05, 0) is 19.4 Å². The maximum atomic E-state index is 11.9. The summed E-state index contributed by atoms with van der Waals surface area (Å²) >= 11 is 1.60. The van der Waals surface area contributed by atoms with Crippen molar-refractivity contribution in [1.82, 2.24) is 9.55 Å². The molecule has 4 nitrogen and oxygen atoms in total. The average Bonchev–Trinajstić information content (AvgIpc) is 2.95. The number of ether oxygens (including phenoxy) is 1. The second-order valence-electron chi connectivity index (χ2n) is 4.47. The first-order valence-electron chi connectivity index (χ1n) is 6.37. The van der Waals surface area contributed by atoms with Crippen LogP contribution in [0, 0.1) is 6.92 Å². The second-order valence-corrected chi connectivity index (χ2v) is 5.53. The molecule has 0 unspecified atom stereocenters. The van der Waals surface area contributed by atoms with Gasteiger partial charge in [0.15, 0.2) is 0 Å². The van der Waals surface area contributed by atoms with Gasteiger partial charge in [0.25, 0.3) is 0 Å². The lowest BCUT2D eigenvalue weighted by Gasteiger charge is -2.03. The van der Waals surface area contributed by atoms with Crippen molar-refractivity contribution >= 4 is 17.3 Å². The molecule has 0 spiro atoms. The molecule has 0 fully saturated rings. The van der Waals surface area contributed by atoms with E-state index in [1.54, 1.807) is 15.9 Å². The molecule has 2 heterocycles. The predicted octanol–water partition coefficient (Wildman–Crippen LogP) is 3.41. The summed E-state index contributed by atoms with van der Waals surface area (Å²) in [7, 11) is 1.85. The van der Waals surface area contributed by atoms with E-state index in [0.29, 0.717) is 12.3 Å². The van der Waals surface area contributed by atoms with Gasteiger partial charge >= 0.3 is 5.97 Å². The van der Waals surface area contributed by atoms with Crippen LogP contribution in [-0.4, -0.2) is 22.1 Å². The molecule has 0 amide bonds. The van der Waals surface area contributed by atoms with Crippen molar-refractivity contribution in [3.05, 3.63) is 28.3 Å². The zero-order chi connectivity index (χ0) is 13.8. The zero-order valence-corrected chi connectivity index (χ0v) is 12.3. The first-order chi connectivity index (χ1) is 9.11. The van der Waals surface area contributed by atoms with Crippen LogP contribution in [0.1, 0.15) is 35.3 Å². The highest BCUT2D eigenvalue weighted by Crippen LogP contribution is 2.23. The fourth-order valence-corrected chi connectivity index (χ4v) is 2.41. The normalized spacial score (nSPS) is 10.7. The third-order valence-corrected chi connectivity index (χ3v) is 3.63. The van der Waals surface area contributed by atoms with E-state index in [2.05, 4.69) is 11.9 Å². The number of hydrogen-bond donors (Lipinski definition) is 0. The number of thiazole rings is 1. The minimum Gasteiger partial charge on any atom is -0.461 e. The van der Waals surface area contributed by atoms with Gasteiger partial charge in [0, 0.05) is 24.2 Å². The van der Waals surface area contributed by atoms with Gasteiger partial charge in [-0.3, -0.25) is 0 Å². The van der Waals surface area contributed by atoms with Crippen LogP contribution < -0.4 is 0 Å². The monoisotopic (exact) mass is 278 g/mol. The Balaban J connectivity index is 2.14. The van der Waals surface area contributed by atoms with Crippen LogP contribution >= 0.6 is 11.3 Å². The van der Waals surface area contributed by atoms with Crippen molar-refractivity contribution in [2.45, 2.75) is 26.7 Å². The van der Waals surface area contributed by atoms with E-state index >= 15 is 0 Å². The van der Waals surface area contributed by atoms with Crippen molar-refractivity contribution in [3.63, 3.8) is 0 Å². The summed E-state index contributed by atoms with van der Waals surface area (Å²) in [5.41, 5.74) is 2.43. The number of carbonyl (C=O) groups excluding carboxylic acids is 1. The molecule has 102 valence electrons. The fraction of sp³-hybridized carbons (Fsp3) is 0.429. The number of esters is 1. The van der Waals surface area contributed by atoms with E-state index in [4.69, 9.17) is 4.74 Å². The van der Waals surface area contributed by atoms with Gasteiger partial charge < -0.3 is 9.30 Å². The molecule has 0 bridgehead atoms. The Bertz CT molecular complexity index is 572. The Morgan fingerprint density at radius 3 is 2.95 bits per heavy atom. The molecule has 0 saturated heterocycles. The predicted molar refractivity (Wildman–Crippen MR) is 76.4 cm³/mol. The lowest BCUT2D eigenvalue weighted by molar-refractivity contribution is 0.0488. The molecule has 2 rings (SSSR count). The van der Waals surface area contributed by atoms with Crippen LogP contribution in [0.25, 0.3) is 11.3 Å². The van der Waals surface area contributed by atoms with Crippen molar-refractivity contribution in [1.29, 1.82) is 0 Å². The Hall–Kier alpha value is -1.62. The minimum absolute atomic E-state index is 0.269. The quantitative estimate of drug-likeness (QED) is 0.622. The molecule has 0 aromatic carbocycles. The molecular formula is C14H18N2O2S. The van der Waals surface area contributed by atoms with Gasteiger partial charge in [0.1, 0.15) is 5.69 Å². The summed E-state index contributed by atoms with van der Waals surface area (Å²) < 4.78 is 7.02. The topological polar surface area (TPSA) is 44.1 Å². The van der Waals surface area contributed by atoms with Crippen molar-refractivity contribution in [2.75, 3.05) is 6.61 Å². The number of unbranched alkanes of at least 4 members (excludes halogenated alkanes) is 1. The molecule has 2 aromatic rings. The van der Waals surface area contributed by atoms with Crippen LogP contribution in [0.3, 0.4) is 0 Å². The van der Waals surface area contributed by atoms with Crippen LogP contribution in [0.2, 0.25) is 0 Å². The number of rotatable bonds is 5. The molecule has 0 N–H and O–H groups in total. The smallest absolute Gasteiger partial charge is 0.354 e. The fourth-order valence-electron chi connectivity index (χ4n) is 1.79. The van der Waals surface area contributed by atoms with Crippen molar-refractivity contribution in [2.24, 2.45) is 7.05 Å². The molecule has 0 saturated carbocycles. The summed E-state index contributed by atoms with van der Waals surface area (Å²) in [6.45, 7) is 4.52. The molecule has 0 atom stereocenters. The SMILES string of the molecule is CCCCOC(=O)c1cc(-c2csc(C)n2)cn1C. The molecule has 0 aliphatic carbocycles. The first kappa shape index (κ1) is 13.8. The highest BCUT2D eigenvalue weighted by atomic mass is 32.1. The third kappa shape index (κ3) is 3.23. The van der Waals surface area contributed by atoms with E-state index in [1.807, 2.05) is 31.6 Å². The van der Waals surface area contributed by atoms with Crippen LogP contribution in [0.5, 0.6) is 0 Å². The molecule has 19 heavy (non-hydrogen) atoms. The Morgan fingerprint density at radius 2 is 2.32 bits per heavy atom. The van der Waals surface area contributed by atoms with E-state index in [1.165, 1.54) is 0 Å². The van der Waals surface area contributed by atoms with Gasteiger partial charge in [-0.1, -0.05) is 13.3 Å². The number of nitrogens with zero attached hydrogens (tertiary/aromatic N) is 2. The lowest BCUT2D eigenvalue weighted by atomic mass is 10.2. The van der Waals surface area contributed by atoms with Crippen LogP contribution in [0.15, 0.2) is 17.6 Å². The van der Waals surface area contributed by atoms with E-state index < -0.39 is 0 Å². The third-order valence-electron chi connectivity index (χ3n) is 2.86. The minimum atomic E-state index is -0.269. The van der Waals surface area contributed by atoms with Crippen LogP contribution in [-0.2, 0) is 11.8 Å². The standard InChI is InChI=1S/C14H18N2O2S/c1-4-5-6-18-14(17)13-7-11(8-16(13)3)12-9-19-10(2)15-12/h7-9H,4-6H2,1-3H3. The van der Waals surface area contributed by atoms with E-state index in [0.717, 1.165) is 29.1 Å². The molecule has 0 aliphatic rings. The van der Waals surface area contributed by atoms with Crippen molar-refractivity contribution < 1.29 is 9.53 Å². The molecule has 0 radical (unpaired) electrons. The Morgan fingerprint density at radius 1 is 1.53 bits per heavy atom. The maximum Gasteiger partial charge on any atom is 0.354 e. The summed E-state index contributed by atoms with van der Waals surface area (Å²) in [6.07, 6.45) is 3.82. The molecule has 0 aliphatic heterocycles. The summed E-state index contributed by atoms with van der Waals surface area (Å²) in [6, 6.07) is 1.84. The number of hydrogen-bond acceptors (Lipinski definition) is 4. The van der Waals surface area contributed by atoms with Gasteiger partial charge in [-0.2, -0.15) is 0 Å². The molecule has 5 heteroatoms.